The van der Waals surface area contributed by atoms with E-state index in [2.05, 4.69) is 4.90 Å². The first-order valence-corrected chi connectivity index (χ1v) is 5.31. The topological polar surface area (TPSA) is 32.8 Å². The number of likely N-dealkylation sites (N-methyl/N-ethyl adjacent to an activating group) is 1. The predicted octanol–water partition coefficient (Wildman–Crippen LogP) is -0.311. The molecule has 0 N–H and O–H groups in total. The van der Waals surface area contributed by atoms with Gasteiger partial charge in [0.05, 0.1) is 24.3 Å². The van der Waals surface area contributed by atoms with Gasteiger partial charge in [-0.25, -0.2) is 0 Å². The molecule has 0 aliphatic carbocycles. The van der Waals surface area contributed by atoms with Crippen molar-refractivity contribution in [1.29, 1.82) is 0 Å². The Balaban J connectivity index is 1.87. The van der Waals surface area contributed by atoms with E-state index in [1.807, 2.05) is 11.9 Å². The lowest BCUT2D eigenvalue weighted by Crippen LogP contribution is -2.45. The van der Waals surface area contributed by atoms with Crippen molar-refractivity contribution in [3.63, 3.8) is 0 Å². The summed E-state index contributed by atoms with van der Waals surface area (Å²) in [4.78, 5) is 15.7. The van der Waals surface area contributed by atoms with Crippen molar-refractivity contribution in [3.8, 4) is 0 Å². The number of carbonyl (C=O) groups is 1. The summed E-state index contributed by atoms with van der Waals surface area (Å²) in [7, 11) is 1.90. The van der Waals surface area contributed by atoms with Gasteiger partial charge < -0.3 is 9.64 Å². The van der Waals surface area contributed by atoms with E-state index in [9.17, 15) is 4.79 Å². The van der Waals surface area contributed by atoms with Gasteiger partial charge in [0.15, 0.2) is 0 Å². The summed E-state index contributed by atoms with van der Waals surface area (Å²) in [6, 6.07) is 0.786. The average molecular weight is 196 g/mol. The van der Waals surface area contributed by atoms with E-state index in [-0.39, 0.29) is 12.0 Å². The molecular weight excluding hydrogens is 180 g/mol. The van der Waals surface area contributed by atoms with Crippen LogP contribution in [-0.4, -0.2) is 60.1 Å². The first-order chi connectivity index (χ1) is 6.68. The molecule has 4 atom stereocenters. The summed E-state index contributed by atoms with van der Waals surface area (Å²) in [5.41, 5.74) is 0. The second kappa shape index (κ2) is 2.70. The van der Waals surface area contributed by atoms with Crippen molar-refractivity contribution in [3.05, 3.63) is 0 Å². The third-order valence-electron chi connectivity index (χ3n) is 3.94. The highest BCUT2D eigenvalue weighted by molar-refractivity contribution is 5.73. The molecule has 3 fully saturated rings. The van der Waals surface area contributed by atoms with Gasteiger partial charge in [-0.2, -0.15) is 0 Å². The molecule has 0 aromatic rings. The Labute approximate surface area is 83.8 Å². The maximum atomic E-state index is 11.3. The SMILES string of the molecule is CC(=O)N(C)[C@@H]1C2[C@@H]3CCN2C[C@@H]1O3. The van der Waals surface area contributed by atoms with Crippen LogP contribution in [0.5, 0.6) is 0 Å². The summed E-state index contributed by atoms with van der Waals surface area (Å²) in [5.74, 6) is 0.151. The van der Waals surface area contributed by atoms with Crippen LogP contribution in [0.1, 0.15) is 13.3 Å². The van der Waals surface area contributed by atoms with Gasteiger partial charge in [0, 0.05) is 27.1 Å². The summed E-state index contributed by atoms with van der Waals surface area (Å²) in [6.07, 6.45) is 1.80. The van der Waals surface area contributed by atoms with Gasteiger partial charge in [0.25, 0.3) is 0 Å². The summed E-state index contributed by atoms with van der Waals surface area (Å²) in [6.45, 7) is 3.80. The zero-order valence-corrected chi connectivity index (χ0v) is 8.64. The molecule has 3 saturated heterocycles. The van der Waals surface area contributed by atoms with Gasteiger partial charge in [-0.15, -0.1) is 0 Å². The van der Waals surface area contributed by atoms with Crippen LogP contribution in [0.3, 0.4) is 0 Å². The van der Waals surface area contributed by atoms with Crippen LogP contribution in [0, 0.1) is 0 Å². The van der Waals surface area contributed by atoms with E-state index in [1.165, 1.54) is 0 Å². The Morgan fingerprint density at radius 2 is 2.29 bits per heavy atom. The van der Waals surface area contributed by atoms with Crippen LogP contribution < -0.4 is 0 Å². The molecule has 14 heavy (non-hydrogen) atoms. The van der Waals surface area contributed by atoms with Crippen molar-refractivity contribution >= 4 is 5.91 Å². The normalized spacial score (nSPS) is 44.7. The van der Waals surface area contributed by atoms with Crippen LogP contribution >= 0.6 is 0 Å². The van der Waals surface area contributed by atoms with E-state index in [4.69, 9.17) is 4.74 Å². The lowest BCUT2D eigenvalue weighted by molar-refractivity contribution is -0.130. The fraction of sp³-hybridized carbons (Fsp3) is 0.900. The zero-order chi connectivity index (χ0) is 9.87. The number of rotatable bonds is 1. The lowest BCUT2D eigenvalue weighted by Gasteiger charge is -2.26. The monoisotopic (exact) mass is 196 g/mol. The molecular formula is C10H16N2O2. The number of hydrogen-bond donors (Lipinski definition) is 0. The maximum Gasteiger partial charge on any atom is 0.219 e. The molecule has 0 spiro atoms. The molecule has 4 nitrogen and oxygen atoms in total. The van der Waals surface area contributed by atoms with Gasteiger partial charge in [-0.1, -0.05) is 0 Å². The molecule has 78 valence electrons. The predicted molar refractivity (Wildman–Crippen MR) is 50.9 cm³/mol. The van der Waals surface area contributed by atoms with E-state index >= 15 is 0 Å². The molecule has 0 aromatic carbocycles. The molecule has 3 rings (SSSR count). The second-order valence-corrected chi connectivity index (χ2v) is 4.61. The fourth-order valence-electron chi connectivity index (χ4n) is 3.24. The molecule has 4 heteroatoms. The first kappa shape index (κ1) is 8.68. The third kappa shape index (κ3) is 0.929. The maximum absolute atomic E-state index is 11.3. The largest absolute Gasteiger partial charge is 0.370 e. The van der Waals surface area contributed by atoms with Crippen LogP contribution in [0.2, 0.25) is 0 Å². The number of fused-ring (bicyclic) bond motifs is 1. The van der Waals surface area contributed by atoms with Crippen molar-refractivity contribution in [2.24, 2.45) is 0 Å². The number of ether oxygens (including phenoxy) is 1. The molecule has 1 unspecified atom stereocenters. The highest BCUT2D eigenvalue weighted by Gasteiger charge is 2.58. The Kier molecular flexibility index (Phi) is 1.67. The van der Waals surface area contributed by atoms with Crippen molar-refractivity contribution in [2.45, 2.75) is 37.6 Å². The molecule has 3 aliphatic rings. The molecule has 3 aliphatic heterocycles. The molecule has 3 heterocycles. The van der Waals surface area contributed by atoms with Crippen molar-refractivity contribution in [2.75, 3.05) is 20.1 Å². The molecule has 2 bridgehead atoms. The summed E-state index contributed by atoms with van der Waals surface area (Å²) in [5, 5.41) is 0. The first-order valence-electron chi connectivity index (χ1n) is 5.31. The summed E-state index contributed by atoms with van der Waals surface area (Å²) < 4.78 is 5.90. The molecule has 1 amide bonds. The average Bonchev–Trinajstić information content (AvgIpc) is 2.70. The van der Waals surface area contributed by atoms with Gasteiger partial charge >= 0.3 is 0 Å². The minimum absolute atomic E-state index is 0.151. The highest BCUT2D eigenvalue weighted by atomic mass is 16.5. The Bertz CT molecular complexity index is 267. The van der Waals surface area contributed by atoms with Crippen LogP contribution in [0.4, 0.5) is 0 Å². The molecule has 0 aromatic heterocycles. The van der Waals surface area contributed by atoms with Crippen LogP contribution in [0.25, 0.3) is 0 Å². The van der Waals surface area contributed by atoms with Crippen molar-refractivity contribution in [1.82, 2.24) is 9.80 Å². The van der Waals surface area contributed by atoms with Crippen molar-refractivity contribution < 1.29 is 9.53 Å². The molecule has 0 saturated carbocycles. The van der Waals surface area contributed by atoms with E-state index in [0.29, 0.717) is 18.2 Å². The number of amides is 1. The van der Waals surface area contributed by atoms with E-state index < -0.39 is 0 Å². The Morgan fingerprint density at radius 3 is 2.93 bits per heavy atom. The van der Waals surface area contributed by atoms with Gasteiger partial charge in [0.1, 0.15) is 0 Å². The van der Waals surface area contributed by atoms with E-state index in [0.717, 1.165) is 19.5 Å². The number of nitrogens with zero attached hydrogens (tertiary/aromatic N) is 2. The summed E-state index contributed by atoms with van der Waals surface area (Å²) >= 11 is 0. The van der Waals surface area contributed by atoms with Gasteiger partial charge in [-0.05, 0) is 6.42 Å². The molecule has 0 radical (unpaired) electrons. The smallest absolute Gasteiger partial charge is 0.219 e. The van der Waals surface area contributed by atoms with Gasteiger partial charge in [0.2, 0.25) is 5.91 Å². The van der Waals surface area contributed by atoms with E-state index in [1.54, 1.807) is 6.92 Å². The quantitative estimate of drug-likeness (QED) is 0.576. The highest BCUT2D eigenvalue weighted by Crippen LogP contribution is 2.41. The Hall–Kier alpha value is -0.610. The Morgan fingerprint density at radius 1 is 1.50 bits per heavy atom. The lowest BCUT2D eigenvalue weighted by atomic mass is 10.1. The number of carbonyl (C=O) groups excluding carboxylic acids is 1. The third-order valence-corrected chi connectivity index (χ3v) is 3.94. The minimum atomic E-state index is 0.151. The van der Waals surface area contributed by atoms with Crippen LogP contribution in [-0.2, 0) is 9.53 Å². The zero-order valence-electron chi connectivity index (χ0n) is 8.64. The van der Waals surface area contributed by atoms with Gasteiger partial charge in [-0.3, -0.25) is 9.69 Å². The van der Waals surface area contributed by atoms with Crippen LogP contribution in [0.15, 0.2) is 0 Å². The number of morpholine rings is 1. The number of hydrogen-bond acceptors (Lipinski definition) is 3. The standard InChI is InChI=1S/C10H16N2O2/c1-6(13)11(2)9-8-5-12-4-3-7(14-8)10(9)12/h7-10H,3-5H2,1-2H3/t7-,8-,9-,10?/m0/s1. The second-order valence-electron chi connectivity index (χ2n) is 4.61. The fourth-order valence-corrected chi connectivity index (χ4v) is 3.24. The minimum Gasteiger partial charge on any atom is -0.370 e.